The summed E-state index contributed by atoms with van der Waals surface area (Å²) in [4.78, 5) is 16.6. The number of hydrogen-bond donors (Lipinski definition) is 2. The number of anilines is 1. The highest BCUT2D eigenvalue weighted by molar-refractivity contribution is 6.04. The zero-order valence-electron chi connectivity index (χ0n) is 13.6. The topological polar surface area (TPSA) is 89.1 Å². The molecule has 0 aliphatic carbocycles. The number of nitrogens with zero attached hydrogens (tertiary/aromatic N) is 2. The Morgan fingerprint density at radius 3 is 2.88 bits per heavy atom. The zero-order valence-corrected chi connectivity index (χ0v) is 13.6. The van der Waals surface area contributed by atoms with Gasteiger partial charge in [0.1, 0.15) is 6.10 Å². The molecule has 7 nitrogen and oxygen atoms in total. The first kappa shape index (κ1) is 15.6. The van der Waals surface area contributed by atoms with Gasteiger partial charge in [-0.2, -0.15) is 5.10 Å². The summed E-state index contributed by atoms with van der Waals surface area (Å²) in [7, 11) is 0. The van der Waals surface area contributed by atoms with Gasteiger partial charge in [0.05, 0.1) is 30.5 Å². The number of fused-ring (bicyclic) bond motifs is 1. The van der Waals surface area contributed by atoms with Gasteiger partial charge in [-0.05, 0) is 24.3 Å². The van der Waals surface area contributed by atoms with Crippen molar-refractivity contribution in [2.24, 2.45) is 0 Å². The first-order valence-electron chi connectivity index (χ1n) is 8.23. The monoisotopic (exact) mass is 338 g/mol. The van der Waals surface area contributed by atoms with Crippen molar-refractivity contribution < 1.29 is 14.3 Å². The third kappa shape index (κ3) is 3.61. The number of ether oxygens (including phenoxy) is 2. The fourth-order valence-corrected chi connectivity index (χ4v) is 2.77. The number of benzene rings is 1. The highest BCUT2D eigenvalue weighted by Gasteiger charge is 2.16. The van der Waals surface area contributed by atoms with Gasteiger partial charge in [-0.1, -0.05) is 0 Å². The molecule has 1 saturated heterocycles. The molecule has 2 aromatic heterocycles. The molecule has 0 saturated carbocycles. The predicted octanol–water partition coefficient (Wildman–Crippen LogP) is 2.77. The van der Waals surface area contributed by atoms with E-state index >= 15 is 0 Å². The van der Waals surface area contributed by atoms with Crippen LogP contribution in [0.3, 0.4) is 0 Å². The molecule has 0 atom stereocenters. The lowest BCUT2D eigenvalue weighted by molar-refractivity contribution is 0.0237. The number of pyridine rings is 1. The lowest BCUT2D eigenvalue weighted by Crippen LogP contribution is -2.26. The molecule has 0 spiro atoms. The molecular formula is C18H18N4O3. The Hall–Kier alpha value is -2.93. The van der Waals surface area contributed by atoms with E-state index in [1.165, 1.54) is 6.20 Å². The fraction of sp³-hybridized carbons (Fsp3) is 0.278. The molecule has 0 unspecified atom stereocenters. The molecule has 1 amide bonds. The molecule has 3 aromatic rings. The Balaban J connectivity index is 1.41. The van der Waals surface area contributed by atoms with Gasteiger partial charge in [-0.3, -0.25) is 9.89 Å². The summed E-state index contributed by atoms with van der Waals surface area (Å²) in [5, 5.41) is 10.6. The van der Waals surface area contributed by atoms with Crippen molar-refractivity contribution >= 4 is 22.5 Å². The summed E-state index contributed by atoms with van der Waals surface area (Å²) in [6.45, 7) is 1.43. The average molecular weight is 338 g/mol. The van der Waals surface area contributed by atoms with Crippen molar-refractivity contribution in [3.05, 3.63) is 48.3 Å². The highest BCUT2D eigenvalue weighted by Crippen LogP contribution is 2.19. The largest absolute Gasteiger partial charge is 0.474 e. The zero-order chi connectivity index (χ0) is 17.1. The standard InChI is InChI=1S/C18H18N4O3/c23-18(21-14-2-3-16-13(9-14)11-20-22-16)12-1-4-17(19-10-12)25-15-5-7-24-8-6-15/h1-4,9-11,15H,5-8H2,(H,20,22)(H,21,23). The van der Waals surface area contributed by atoms with Crippen LogP contribution in [0, 0.1) is 0 Å². The number of carbonyl (C=O) groups excluding carboxylic acids is 1. The van der Waals surface area contributed by atoms with Crippen LogP contribution in [0.15, 0.2) is 42.7 Å². The molecule has 25 heavy (non-hydrogen) atoms. The van der Waals surface area contributed by atoms with Crippen LogP contribution in [0.2, 0.25) is 0 Å². The molecule has 3 heterocycles. The third-order valence-electron chi connectivity index (χ3n) is 4.15. The SMILES string of the molecule is O=C(Nc1ccc2[nH]ncc2c1)c1ccc(OC2CCOCC2)nc1. The second kappa shape index (κ2) is 6.90. The molecule has 0 bridgehead atoms. The van der Waals surface area contributed by atoms with Crippen LogP contribution in [0.1, 0.15) is 23.2 Å². The van der Waals surface area contributed by atoms with Crippen LogP contribution < -0.4 is 10.1 Å². The van der Waals surface area contributed by atoms with Gasteiger partial charge < -0.3 is 14.8 Å². The Labute approximate surface area is 144 Å². The number of hydrogen-bond acceptors (Lipinski definition) is 5. The number of rotatable bonds is 4. The number of amides is 1. The average Bonchev–Trinajstić information content (AvgIpc) is 3.11. The van der Waals surface area contributed by atoms with Crippen LogP contribution in [-0.2, 0) is 4.74 Å². The maximum absolute atomic E-state index is 12.4. The molecule has 1 aliphatic rings. The molecule has 4 rings (SSSR count). The first-order chi connectivity index (χ1) is 12.3. The minimum Gasteiger partial charge on any atom is -0.474 e. The summed E-state index contributed by atoms with van der Waals surface area (Å²) < 4.78 is 11.1. The second-order valence-corrected chi connectivity index (χ2v) is 5.94. The molecular weight excluding hydrogens is 320 g/mol. The normalized spacial score (nSPS) is 15.2. The highest BCUT2D eigenvalue weighted by atomic mass is 16.5. The van der Waals surface area contributed by atoms with Gasteiger partial charge in [0.25, 0.3) is 5.91 Å². The van der Waals surface area contributed by atoms with Crippen LogP contribution in [-0.4, -0.2) is 40.4 Å². The minimum atomic E-state index is -0.215. The first-order valence-corrected chi connectivity index (χ1v) is 8.23. The number of H-pyrrole nitrogens is 1. The summed E-state index contributed by atoms with van der Waals surface area (Å²) >= 11 is 0. The molecule has 1 aromatic carbocycles. The summed E-state index contributed by atoms with van der Waals surface area (Å²) in [6.07, 6.45) is 5.10. The van der Waals surface area contributed by atoms with Crippen molar-refractivity contribution in [1.82, 2.24) is 15.2 Å². The molecule has 1 aliphatic heterocycles. The number of carbonyl (C=O) groups is 1. The van der Waals surface area contributed by atoms with E-state index in [4.69, 9.17) is 9.47 Å². The maximum atomic E-state index is 12.4. The van der Waals surface area contributed by atoms with Crippen LogP contribution >= 0.6 is 0 Å². The van der Waals surface area contributed by atoms with Crippen molar-refractivity contribution in [2.75, 3.05) is 18.5 Å². The van der Waals surface area contributed by atoms with E-state index < -0.39 is 0 Å². The van der Waals surface area contributed by atoms with E-state index in [0.29, 0.717) is 30.3 Å². The van der Waals surface area contributed by atoms with E-state index in [2.05, 4.69) is 20.5 Å². The van der Waals surface area contributed by atoms with Crippen LogP contribution in [0.5, 0.6) is 5.88 Å². The van der Waals surface area contributed by atoms with Gasteiger partial charge in [0.2, 0.25) is 5.88 Å². The van der Waals surface area contributed by atoms with E-state index in [1.54, 1.807) is 18.3 Å². The van der Waals surface area contributed by atoms with Crippen molar-refractivity contribution in [2.45, 2.75) is 18.9 Å². The van der Waals surface area contributed by atoms with Crippen LogP contribution in [0.4, 0.5) is 5.69 Å². The third-order valence-corrected chi connectivity index (χ3v) is 4.15. The number of aromatic nitrogens is 3. The van der Waals surface area contributed by atoms with Gasteiger partial charge in [0.15, 0.2) is 0 Å². The number of aromatic amines is 1. The van der Waals surface area contributed by atoms with E-state index in [9.17, 15) is 4.79 Å². The molecule has 1 fully saturated rings. The molecule has 0 radical (unpaired) electrons. The lowest BCUT2D eigenvalue weighted by Gasteiger charge is -2.22. The second-order valence-electron chi connectivity index (χ2n) is 5.94. The van der Waals surface area contributed by atoms with E-state index in [0.717, 1.165) is 23.7 Å². The van der Waals surface area contributed by atoms with Gasteiger partial charge >= 0.3 is 0 Å². The predicted molar refractivity (Wildman–Crippen MR) is 92.8 cm³/mol. The molecule has 2 N–H and O–H groups in total. The Bertz CT molecular complexity index is 869. The summed E-state index contributed by atoms with van der Waals surface area (Å²) in [6, 6.07) is 9.01. The van der Waals surface area contributed by atoms with Gasteiger partial charge in [-0.25, -0.2) is 4.98 Å². The minimum absolute atomic E-state index is 0.127. The summed E-state index contributed by atoms with van der Waals surface area (Å²) in [5.41, 5.74) is 2.11. The van der Waals surface area contributed by atoms with Gasteiger partial charge in [0, 0.05) is 36.2 Å². The quantitative estimate of drug-likeness (QED) is 0.763. The molecule has 128 valence electrons. The smallest absolute Gasteiger partial charge is 0.257 e. The lowest BCUT2D eigenvalue weighted by atomic mass is 10.1. The van der Waals surface area contributed by atoms with Crippen molar-refractivity contribution in [1.29, 1.82) is 0 Å². The number of nitrogens with one attached hydrogen (secondary N) is 2. The maximum Gasteiger partial charge on any atom is 0.257 e. The van der Waals surface area contributed by atoms with Crippen LogP contribution in [0.25, 0.3) is 10.9 Å². The van der Waals surface area contributed by atoms with E-state index in [-0.39, 0.29) is 12.0 Å². The fourth-order valence-electron chi connectivity index (χ4n) is 2.77. The van der Waals surface area contributed by atoms with Gasteiger partial charge in [-0.15, -0.1) is 0 Å². The van der Waals surface area contributed by atoms with Crippen molar-refractivity contribution in [3.63, 3.8) is 0 Å². The van der Waals surface area contributed by atoms with Crippen molar-refractivity contribution in [3.8, 4) is 5.88 Å². The summed E-state index contributed by atoms with van der Waals surface area (Å²) in [5.74, 6) is 0.316. The Kier molecular flexibility index (Phi) is 4.30. The molecule has 7 heteroatoms. The Morgan fingerprint density at radius 1 is 1.20 bits per heavy atom. The van der Waals surface area contributed by atoms with E-state index in [1.807, 2.05) is 18.2 Å². The Morgan fingerprint density at radius 2 is 2.08 bits per heavy atom.